The fourth-order valence-corrected chi connectivity index (χ4v) is 0.838. The van der Waals surface area contributed by atoms with Crippen LogP contribution in [-0.4, -0.2) is 25.7 Å². The van der Waals surface area contributed by atoms with Crippen molar-refractivity contribution in [2.24, 2.45) is 0 Å². The highest BCUT2D eigenvalue weighted by Gasteiger charge is 1.99. The Kier molecular flexibility index (Phi) is 8.12. The summed E-state index contributed by atoms with van der Waals surface area (Å²) >= 11 is 0. The molecule has 0 amide bonds. The van der Waals surface area contributed by atoms with Gasteiger partial charge in [0, 0.05) is 19.5 Å². The molecule has 0 aliphatic heterocycles. The number of hydrogen-bond donors (Lipinski definition) is 0. The Morgan fingerprint density at radius 2 is 2.08 bits per heavy atom. The maximum atomic E-state index is 10.8. The van der Waals surface area contributed by atoms with Gasteiger partial charge in [0.25, 0.3) is 0 Å². The molecule has 0 aliphatic rings. The molecule has 0 heterocycles. The number of rotatable bonds is 7. The summed E-state index contributed by atoms with van der Waals surface area (Å²) < 4.78 is 4.77. The molecule has 0 rings (SSSR count). The summed E-state index contributed by atoms with van der Waals surface area (Å²) in [5, 5.41) is 4.21. The Bertz CT molecular complexity index is 115. The first-order valence-electron chi connectivity index (χ1n) is 4.60. The summed E-state index contributed by atoms with van der Waals surface area (Å²) in [6.45, 7) is 6.08. The Morgan fingerprint density at radius 3 is 2.67 bits per heavy atom. The summed E-state index contributed by atoms with van der Waals surface area (Å²) in [5.74, 6) is -0.107. The van der Waals surface area contributed by atoms with Crippen LogP contribution in [0.25, 0.3) is 0 Å². The topological polar surface area (TPSA) is 40.4 Å². The third-order valence-corrected chi connectivity index (χ3v) is 1.38. The molecular formula is C9H18NO2. The molecule has 0 aromatic heterocycles. The van der Waals surface area contributed by atoms with Crippen molar-refractivity contribution in [3.05, 3.63) is 0 Å². The van der Waals surface area contributed by atoms with E-state index in [-0.39, 0.29) is 5.97 Å². The second kappa shape index (κ2) is 8.53. The van der Waals surface area contributed by atoms with Gasteiger partial charge in [0.05, 0.1) is 6.61 Å². The molecule has 0 unspecified atom stereocenters. The van der Waals surface area contributed by atoms with Crippen molar-refractivity contribution >= 4 is 5.97 Å². The molecule has 0 atom stereocenters. The molecule has 0 bridgehead atoms. The van der Waals surface area contributed by atoms with Crippen LogP contribution in [-0.2, 0) is 9.53 Å². The smallest absolute Gasteiger partial charge is 0.305 e. The van der Waals surface area contributed by atoms with Crippen LogP contribution < -0.4 is 5.32 Å². The van der Waals surface area contributed by atoms with Gasteiger partial charge in [0.1, 0.15) is 0 Å². The summed E-state index contributed by atoms with van der Waals surface area (Å²) in [5.41, 5.74) is 0. The minimum absolute atomic E-state index is 0.107. The molecule has 0 N–H and O–H groups in total. The first kappa shape index (κ1) is 11.4. The Labute approximate surface area is 74.5 Å². The fraction of sp³-hybridized carbons (Fsp3) is 0.889. The minimum atomic E-state index is -0.107. The van der Waals surface area contributed by atoms with Gasteiger partial charge in [-0.25, -0.2) is 5.32 Å². The second-order valence-electron chi connectivity index (χ2n) is 2.58. The van der Waals surface area contributed by atoms with E-state index < -0.39 is 0 Å². The molecule has 3 heteroatoms. The zero-order chi connectivity index (χ0) is 9.23. The molecule has 0 saturated carbocycles. The van der Waals surface area contributed by atoms with Crippen LogP contribution in [0.15, 0.2) is 0 Å². The maximum Gasteiger partial charge on any atom is 0.305 e. The number of esters is 1. The third-order valence-electron chi connectivity index (χ3n) is 1.38. The van der Waals surface area contributed by atoms with E-state index in [0.717, 1.165) is 25.9 Å². The molecule has 0 spiro atoms. The van der Waals surface area contributed by atoms with Crippen molar-refractivity contribution in [1.82, 2.24) is 5.32 Å². The zero-order valence-corrected chi connectivity index (χ0v) is 8.01. The normalized spacial score (nSPS) is 9.83. The predicted molar refractivity (Wildman–Crippen MR) is 48.0 cm³/mol. The number of carbonyl (C=O) groups is 1. The zero-order valence-electron chi connectivity index (χ0n) is 8.01. The molecule has 12 heavy (non-hydrogen) atoms. The van der Waals surface area contributed by atoms with Crippen LogP contribution in [0.1, 0.15) is 33.1 Å². The molecule has 1 radical (unpaired) electrons. The van der Waals surface area contributed by atoms with E-state index in [1.807, 2.05) is 6.92 Å². The minimum Gasteiger partial charge on any atom is -0.466 e. The highest BCUT2D eigenvalue weighted by molar-refractivity contribution is 5.69. The van der Waals surface area contributed by atoms with Crippen LogP contribution in [0.2, 0.25) is 0 Å². The van der Waals surface area contributed by atoms with Crippen molar-refractivity contribution in [3.8, 4) is 0 Å². The van der Waals surface area contributed by atoms with E-state index in [4.69, 9.17) is 4.74 Å². The van der Waals surface area contributed by atoms with Crippen LogP contribution in [0.3, 0.4) is 0 Å². The van der Waals surface area contributed by atoms with Gasteiger partial charge in [-0.05, 0) is 19.8 Å². The highest BCUT2D eigenvalue weighted by atomic mass is 16.5. The Balaban J connectivity index is 3.03. The quantitative estimate of drug-likeness (QED) is 0.429. The van der Waals surface area contributed by atoms with Gasteiger partial charge in [-0.15, -0.1) is 0 Å². The van der Waals surface area contributed by atoms with Crippen LogP contribution in [0, 0.1) is 0 Å². The van der Waals surface area contributed by atoms with Crippen LogP contribution >= 0.6 is 0 Å². The highest BCUT2D eigenvalue weighted by Crippen LogP contribution is 1.91. The van der Waals surface area contributed by atoms with E-state index in [1.54, 1.807) is 0 Å². The average molecular weight is 172 g/mol. The summed E-state index contributed by atoms with van der Waals surface area (Å²) in [4.78, 5) is 10.8. The number of carbonyl (C=O) groups excluding carboxylic acids is 1. The molecular weight excluding hydrogens is 154 g/mol. The van der Waals surface area contributed by atoms with Crippen molar-refractivity contribution in [2.45, 2.75) is 33.1 Å². The number of nitrogens with zero attached hydrogens (tertiary/aromatic N) is 1. The van der Waals surface area contributed by atoms with Gasteiger partial charge in [-0.1, -0.05) is 6.92 Å². The largest absolute Gasteiger partial charge is 0.466 e. The molecule has 0 fully saturated rings. The third kappa shape index (κ3) is 7.54. The molecule has 0 aromatic carbocycles. The lowest BCUT2D eigenvalue weighted by atomic mass is 10.3. The summed E-state index contributed by atoms with van der Waals surface area (Å²) in [6, 6.07) is 0. The number of hydrogen-bond acceptors (Lipinski definition) is 2. The van der Waals surface area contributed by atoms with E-state index in [2.05, 4.69) is 12.2 Å². The first-order chi connectivity index (χ1) is 5.81. The SMILES string of the molecule is CCC[N]CCCC(=O)OCC. The van der Waals surface area contributed by atoms with E-state index in [1.165, 1.54) is 0 Å². The summed E-state index contributed by atoms with van der Waals surface area (Å²) in [7, 11) is 0. The van der Waals surface area contributed by atoms with Gasteiger partial charge in [0.2, 0.25) is 0 Å². The van der Waals surface area contributed by atoms with Crippen LogP contribution in [0.4, 0.5) is 0 Å². The van der Waals surface area contributed by atoms with Gasteiger partial charge in [-0.3, -0.25) is 4.79 Å². The Hall–Kier alpha value is -0.570. The molecule has 0 saturated heterocycles. The van der Waals surface area contributed by atoms with Crippen LogP contribution in [0.5, 0.6) is 0 Å². The lowest BCUT2D eigenvalue weighted by Gasteiger charge is -2.01. The van der Waals surface area contributed by atoms with E-state index in [0.29, 0.717) is 13.0 Å². The molecule has 0 aliphatic carbocycles. The summed E-state index contributed by atoms with van der Waals surface area (Å²) in [6.07, 6.45) is 2.40. The lowest BCUT2D eigenvalue weighted by Crippen LogP contribution is -2.11. The fourth-order valence-electron chi connectivity index (χ4n) is 0.838. The van der Waals surface area contributed by atoms with Crippen molar-refractivity contribution in [1.29, 1.82) is 0 Å². The van der Waals surface area contributed by atoms with E-state index >= 15 is 0 Å². The first-order valence-corrected chi connectivity index (χ1v) is 4.60. The maximum absolute atomic E-state index is 10.8. The van der Waals surface area contributed by atoms with Crippen molar-refractivity contribution in [2.75, 3.05) is 19.7 Å². The molecule has 3 nitrogen and oxygen atoms in total. The van der Waals surface area contributed by atoms with Crippen molar-refractivity contribution < 1.29 is 9.53 Å². The monoisotopic (exact) mass is 172 g/mol. The van der Waals surface area contributed by atoms with Crippen molar-refractivity contribution in [3.63, 3.8) is 0 Å². The molecule has 0 aromatic rings. The average Bonchev–Trinajstić information content (AvgIpc) is 2.05. The van der Waals surface area contributed by atoms with E-state index in [9.17, 15) is 4.79 Å². The van der Waals surface area contributed by atoms with Gasteiger partial charge in [0.15, 0.2) is 0 Å². The van der Waals surface area contributed by atoms with Gasteiger partial charge < -0.3 is 4.74 Å². The Morgan fingerprint density at radius 1 is 1.33 bits per heavy atom. The standard InChI is InChI=1S/C9H18NO2/c1-3-7-10-8-5-6-9(11)12-4-2/h3-8H2,1-2H3. The predicted octanol–water partition coefficient (Wildman–Crippen LogP) is 1.34. The lowest BCUT2D eigenvalue weighted by molar-refractivity contribution is -0.143. The molecule has 71 valence electrons. The van der Waals surface area contributed by atoms with Gasteiger partial charge in [-0.2, -0.15) is 0 Å². The van der Waals surface area contributed by atoms with Gasteiger partial charge >= 0.3 is 5.97 Å². The second-order valence-corrected chi connectivity index (χ2v) is 2.58. The number of ether oxygens (including phenoxy) is 1.